The molecule has 1 atom stereocenters. The van der Waals surface area contributed by atoms with Gasteiger partial charge < -0.3 is 18.9 Å². The summed E-state index contributed by atoms with van der Waals surface area (Å²) in [6, 6.07) is 6.54. The molecule has 0 aromatic heterocycles. The normalized spacial score (nSPS) is 18.5. The van der Waals surface area contributed by atoms with Crippen molar-refractivity contribution < 1.29 is 38.1 Å². The molecule has 0 N–H and O–H groups in total. The number of hydrogen-bond acceptors (Lipinski definition) is 8. The summed E-state index contributed by atoms with van der Waals surface area (Å²) in [4.78, 5) is 62.0. The van der Waals surface area contributed by atoms with Gasteiger partial charge in [0.2, 0.25) is 0 Å². The fourth-order valence-corrected chi connectivity index (χ4v) is 17.5. The molecule has 1 unspecified atom stereocenters. The smallest absolute Gasteiger partial charge is 0.261 e. The number of carbonyl (C=O) groups excluding carboxylic acids is 4. The van der Waals surface area contributed by atoms with Gasteiger partial charge in [-0.15, -0.1) is 0 Å². The molecule has 10 nitrogen and oxygen atoms in total. The number of nitrogens with zero attached hydrogens (tertiary/aromatic N) is 2. The van der Waals surface area contributed by atoms with Crippen molar-refractivity contribution in [2.75, 3.05) is 41.0 Å². The Morgan fingerprint density at radius 3 is 1.46 bits per heavy atom. The standard InChI is InChI=1S/C65H63Br2N2O8.Al/c1-9-24-68-62(70)55-39-19-14-35-18-23-46(30(2)47(35)51(39)52-40(56(55)63(68)71)20-15-36-27-43(34-12-13-34)59(74-6)31(3)48(36)52)77-26-11-10-25-69-64(72)57-41-21-16-37-28-44(66)60(75-7)32(4)49(37)53(41)54-42(58(57)65(69)73)22-17-38-29-45(67)61(76-8)33(5)50(38)54;/h18,28-29,34,43H,9-17,19-22,24-27H2,1-8H3;. The van der Waals surface area contributed by atoms with E-state index in [2.05, 4.69) is 94.0 Å². The molecule has 1 fully saturated rings. The maximum absolute atomic E-state index is 15.0. The Morgan fingerprint density at radius 2 is 0.987 bits per heavy atom. The number of aryl methyl sites for hydroxylation is 3. The Hall–Kier alpha value is -5.45. The summed E-state index contributed by atoms with van der Waals surface area (Å²) in [7, 11) is 5.19. The molecule has 4 amide bonds. The monoisotopic (exact) mass is 1180 g/mol. The molecule has 0 bridgehead atoms. The number of rotatable bonds is 12. The van der Waals surface area contributed by atoms with Crippen LogP contribution in [0.1, 0.15) is 161 Å². The second-order valence-corrected chi connectivity index (χ2v) is 25.2. The predicted molar refractivity (Wildman–Crippen MR) is 311 cm³/mol. The summed E-state index contributed by atoms with van der Waals surface area (Å²) in [6.07, 6.45) is 11.0. The minimum atomic E-state index is -0.220. The number of amides is 4. The molecule has 13 heteroatoms. The van der Waals surface area contributed by atoms with E-state index in [1.165, 1.54) is 50.5 Å². The molecule has 8 aliphatic rings. The summed E-state index contributed by atoms with van der Waals surface area (Å²) >= 11 is 10.5. The van der Waals surface area contributed by atoms with Gasteiger partial charge in [0.25, 0.3) is 23.6 Å². The van der Waals surface area contributed by atoms with Crippen molar-refractivity contribution in [3.05, 3.63) is 128 Å². The number of methoxy groups -OCH3 is 3. The lowest BCUT2D eigenvalue weighted by molar-refractivity contribution is 0.0636. The largest absolute Gasteiger partial charge is 0.500 e. The molecule has 6 aliphatic carbocycles. The fourth-order valence-electron chi connectivity index (χ4n) is 15.5. The van der Waals surface area contributed by atoms with E-state index in [9.17, 15) is 9.59 Å². The van der Waals surface area contributed by atoms with Gasteiger partial charge in [0.15, 0.2) is 16.3 Å². The highest BCUT2D eigenvalue weighted by atomic mass is 79.9. The molecule has 2 radical (unpaired) electrons. The Labute approximate surface area is 482 Å². The van der Waals surface area contributed by atoms with Gasteiger partial charge in [0.05, 0.1) is 59.1 Å². The second-order valence-electron chi connectivity index (χ2n) is 22.9. The number of unbranched alkanes of at least 4 members (excludes halogenated alkanes) is 1. The minimum Gasteiger partial charge on any atom is -0.500 e. The third kappa shape index (κ3) is 7.41. The number of fused-ring (bicyclic) bond motifs is 19. The molecule has 78 heavy (non-hydrogen) atoms. The van der Waals surface area contributed by atoms with E-state index < -0.39 is 0 Å². The van der Waals surface area contributed by atoms with Crippen molar-refractivity contribution in [3.63, 3.8) is 0 Å². The van der Waals surface area contributed by atoms with E-state index in [0.29, 0.717) is 85.8 Å². The molecule has 5 aromatic rings. The number of carbonyl (C=O) groups is 4. The van der Waals surface area contributed by atoms with E-state index in [1.54, 1.807) is 14.2 Å². The molecular weight excluding hydrogens is 1120 g/mol. The van der Waals surface area contributed by atoms with Gasteiger partial charge in [-0.05, 0) is 262 Å². The molecule has 398 valence electrons. The molecule has 2 heterocycles. The first-order valence-electron chi connectivity index (χ1n) is 28.1. The highest BCUT2D eigenvalue weighted by Gasteiger charge is 2.48. The zero-order valence-electron chi connectivity index (χ0n) is 45.9. The predicted octanol–water partition coefficient (Wildman–Crippen LogP) is 12.8. The molecular formula is C65H63AlBr2N2O8. The van der Waals surface area contributed by atoms with Crippen molar-refractivity contribution in [3.8, 4) is 50.6 Å². The molecule has 13 rings (SSSR count). The number of halogens is 2. The van der Waals surface area contributed by atoms with Gasteiger partial charge in [-0.2, -0.15) is 0 Å². The zero-order chi connectivity index (χ0) is 54.5. The van der Waals surface area contributed by atoms with Crippen LogP contribution in [0.3, 0.4) is 0 Å². The van der Waals surface area contributed by atoms with Crippen LogP contribution in [-0.2, 0) is 49.7 Å². The van der Waals surface area contributed by atoms with E-state index in [4.69, 9.17) is 18.9 Å². The second kappa shape index (κ2) is 19.4. The topological polar surface area (TPSA) is 112 Å². The van der Waals surface area contributed by atoms with Crippen LogP contribution in [0.15, 0.2) is 44.0 Å². The van der Waals surface area contributed by atoms with Crippen LogP contribution >= 0.6 is 31.9 Å². The lowest BCUT2D eigenvalue weighted by atomic mass is 9.67. The zero-order valence-corrected chi connectivity index (χ0v) is 50.2. The van der Waals surface area contributed by atoms with Crippen LogP contribution < -0.4 is 18.6 Å². The van der Waals surface area contributed by atoms with Gasteiger partial charge in [-0.25, -0.2) is 0 Å². The van der Waals surface area contributed by atoms with Gasteiger partial charge in [-0.3, -0.25) is 29.0 Å². The van der Waals surface area contributed by atoms with Crippen molar-refractivity contribution >= 4 is 81.8 Å². The highest BCUT2D eigenvalue weighted by molar-refractivity contribution is 9.11. The fraction of sp³-hybridized carbons (Fsp3) is 0.415. The lowest BCUT2D eigenvalue weighted by Crippen LogP contribution is -2.31. The van der Waals surface area contributed by atoms with Gasteiger partial charge in [0, 0.05) is 30.1 Å². The summed E-state index contributed by atoms with van der Waals surface area (Å²) in [5.41, 5.74) is 24.1. The van der Waals surface area contributed by atoms with Crippen LogP contribution in [0.25, 0.3) is 39.0 Å². The summed E-state index contributed by atoms with van der Waals surface area (Å²) < 4.78 is 27.9. The summed E-state index contributed by atoms with van der Waals surface area (Å²) in [5.74, 6) is 3.61. The average Bonchev–Trinajstić information content (AvgIpc) is 3.95. The van der Waals surface area contributed by atoms with E-state index in [1.807, 2.05) is 14.0 Å². The number of imide groups is 2. The lowest BCUT2D eigenvalue weighted by Gasteiger charge is -2.38. The Bertz CT molecular complexity index is 3580. The van der Waals surface area contributed by atoms with Crippen LogP contribution in [0.5, 0.6) is 17.2 Å². The van der Waals surface area contributed by atoms with Crippen molar-refractivity contribution in [1.29, 1.82) is 0 Å². The maximum Gasteiger partial charge on any atom is 0.261 e. The third-order valence-electron chi connectivity index (χ3n) is 18.8. The van der Waals surface area contributed by atoms with E-state index >= 15 is 9.59 Å². The Morgan fingerprint density at radius 1 is 0.538 bits per heavy atom. The number of allylic oxidation sites excluding steroid dienone is 4. The van der Waals surface area contributed by atoms with Crippen molar-refractivity contribution in [2.24, 2.45) is 11.8 Å². The maximum atomic E-state index is 15.0. The van der Waals surface area contributed by atoms with E-state index in [0.717, 1.165) is 158 Å². The van der Waals surface area contributed by atoms with Crippen LogP contribution in [-0.4, -0.2) is 90.7 Å². The quantitative estimate of drug-likeness (QED) is 0.0690. The van der Waals surface area contributed by atoms with Crippen LogP contribution in [0.4, 0.5) is 0 Å². The molecule has 5 aromatic carbocycles. The van der Waals surface area contributed by atoms with Crippen LogP contribution in [0.2, 0.25) is 0 Å². The first-order valence-corrected chi connectivity index (χ1v) is 30.2. The van der Waals surface area contributed by atoms with Crippen molar-refractivity contribution in [1.82, 2.24) is 9.80 Å². The highest BCUT2D eigenvalue weighted by Crippen LogP contribution is 2.59. The average molecular weight is 1190 g/mol. The SMILES string of the molecule is CCCN1C(=O)c2c3c(c4c(c2C1=O)CCc1c[c]([Al])c(OCCCCN2C(=O)c5c6c(c7c(c5C2=O)CCc2cc(Br)c(OC)c(C)c2-7)-c2c(cc(Br)c(OC)c2C)CC6)c(C)c1-4)C1=C(CC3)CC(C2CC2)C(OC)=C1C. The third-order valence-corrected chi connectivity index (χ3v) is 20.4. The first kappa shape index (κ1) is 52.0. The molecule has 0 saturated heterocycles. The number of hydrogen-bond donors (Lipinski definition) is 0. The Kier molecular flexibility index (Phi) is 12.9. The molecule has 1 saturated carbocycles. The first-order chi connectivity index (χ1) is 37.6. The minimum absolute atomic E-state index is 0.155. The molecule has 2 aliphatic heterocycles. The van der Waals surface area contributed by atoms with Crippen LogP contribution in [0, 0.1) is 32.6 Å². The van der Waals surface area contributed by atoms with Gasteiger partial charge in [0.1, 0.15) is 23.0 Å². The number of ether oxygens (including phenoxy) is 4. The van der Waals surface area contributed by atoms with Gasteiger partial charge >= 0.3 is 0 Å². The summed E-state index contributed by atoms with van der Waals surface area (Å²) in [6.45, 7) is 11.6. The number of benzene rings is 5. The summed E-state index contributed by atoms with van der Waals surface area (Å²) in [5, 5.41) is 0. The van der Waals surface area contributed by atoms with Gasteiger partial charge in [-0.1, -0.05) is 23.0 Å². The van der Waals surface area contributed by atoms with E-state index in [-0.39, 0.29) is 30.2 Å². The van der Waals surface area contributed by atoms with Crippen molar-refractivity contribution in [2.45, 2.75) is 125 Å². The Balaban J connectivity index is 0.834. The molecule has 0 spiro atoms.